The highest BCUT2D eigenvalue weighted by Crippen LogP contribution is 2.25. The topological polar surface area (TPSA) is 67.8 Å². The third-order valence-corrected chi connectivity index (χ3v) is 3.14. The molecule has 5 heteroatoms. The van der Waals surface area contributed by atoms with Gasteiger partial charge in [0, 0.05) is 18.5 Å². The third-order valence-electron chi connectivity index (χ3n) is 3.14. The van der Waals surface area contributed by atoms with Gasteiger partial charge in [0.2, 0.25) is 0 Å². The van der Waals surface area contributed by atoms with E-state index >= 15 is 0 Å². The number of alkyl carbamates (subject to hydrolysis) is 1. The zero-order valence-electron chi connectivity index (χ0n) is 13.4. The van der Waals surface area contributed by atoms with Crippen LogP contribution in [0.3, 0.4) is 0 Å². The molecule has 0 bridgehead atoms. The summed E-state index contributed by atoms with van der Waals surface area (Å²) in [6.07, 6.45) is 0.0239. The largest absolute Gasteiger partial charge is 0.504 e. The first-order chi connectivity index (χ1) is 11.7. The highest BCUT2D eigenvalue weighted by atomic mass is 16.5. The van der Waals surface area contributed by atoms with Crippen molar-refractivity contribution in [2.75, 3.05) is 13.7 Å². The van der Waals surface area contributed by atoms with Crippen molar-refractivity contribution in [3.05, 3.63) is 59.7 Å². The number of rotatable bonds is 5. The number of aromatic hydroxyl groups is 1. The molecule has 0 unspecified atom stereocenters. The minimum Gasteiger partial charge on any atom is -0.504 e. The highest BCUT2D eigenvalue weighted by Gasteiger charge is 2.01. The van der Waals surface area contributed by atoms with Gasteiger partial charge in [-0.3, -0.25) is 0 Å². The van der Waals surface area contributed by atoms with Crippen molar-refractivity contribution in [3.8, 4) is 23.3 Å². The molecule has 2 aromatic carbocycles. The zero-order valence-corrected chi connectivity index (χ0v) is 13.4. The van der Waals surface area contributed by atoms with Crippen molar-refractivity contribution in [1.29, 1.82) is 0 Å². The second-order valence-corrected chi connectivity index (χ2v) is 4.93. The number of nitrogens with one attached hydrogen (secondary N) is 1. The van der Waals surface area contributed by atoms with Gasteiger partial charge in [-0.2, -0.15) is 0 Å². The Morgan fingerprint density at radius 1 is 1.21 bits per heavy atom. The third kappa shape index (κ3) is 5.58. The molecule has 0 heterocycles. The summed E-state index contributed by atoms with van der Waals surface area (Å²) in [5.41, 5.74) is 1.67. The van der Waals surface area contributed by atoms with Crippen LogP contribution in [0.5, 0.6) is 11.5 Å². The first-order valence-electron chi connectivity index (χ1n) is 7.49. The summed E-state index contributed by atoms with van der Waals surface area (Å²) in [5, 5.41) is 12.1. The van der Waals surface area contributed by atoms with Gasteiger partial charge in [0.25, 0.3) is 0 Å². The predicted molar refractivity (Wildman–Crippen MR) is 90.8 cm³/mol. The van der Waals surface area contributed by atoms with Crippen molar-refractivity contribution < 1.29 is 19.4 Å². The minimum absolute atomic E-state index is 0.0749. The molecule has 0 fully saturated rings. The monoisotopic (exact) mass is 325 g/mol. The van der Waals surface area contributed by atoms with Crippen LogP contribution in [0.4, 0.5) is 4.79 Å². The molecule has 24 heavy (non-hydrogen) atoms. The number of methoxy groups -OCH3 is 1. The summed E-state index contributed by atoms with van der Waals surface area (Å²) in [4.78, 5) is 11.5. The lowest BCUT2D eigenvalue weighted by molar-refractivity contribution is 0.140. The molecule has 0 radical (unpaired) electrons. The quantitative estimate of drug-likeness (QED) is 0.655. The van der Waals surface area contributed by atoms with Gasteiger partial charge >= 0.3 is 6.09 Å². The normalized spacial score (nSPS) is 9.54. The Bertz CT molecular complexity index is 732. The van der Waals surface area contributed by atoms with Crippen LogP contribution in [0.2, 0.25) is 0 Å². The molecule has 0 atom stereocenters. The van der Waals surface area contributed by atoms with Gasteiger partial charge in [0.1, 0.15) is 6.61 Å². The Hall–Kier alpha value is -3.13. The van der Waals surface area contributed by atoms with Gasteiger partial charge in [-0.1, -0.05) is 42.2 Å². The standard InChI is InChI=1S/C19H19NO4/c1-23-18-13-15(10-11-17(18)21)7-5-6-12-20-19(22)24-14-16-8-3-2-4-9-16/h2-4,8-11,13,21H,6,12,14H2,1H3,(H,20,22). The molecule has 2 N–H and O–H groups in total. The van der Waals surface area contributed by atoms with Crippen molar-refractivity contribution in [2.45, 2.75) is 13.0 Å². The Morgan fingerprint density at radius 3 is 2.75 bits per heavy atom. The van der Waals surface area contributed by atoms with E-state index in [1.165, 1.54) is 13.2 Å². The van der Waals surface area contributed by atoms with E-state index in [4.69, 9.17) is 9.47 Å². The van der Waals surface area contributed by atoms with Crippen LogP contribution in [-0.2, 0) is 11.3 Å². The molecule has 5 nitrogen and oxygen atoms in total. The molecular formula is C19H19NO4. The van der Waals surface area contributed by atoms with Crippen molar-refractivity contribution in [2.24, 2.45) is 0 Å². The van der Waals surface area contributed by atoms with E-state index in [0.717, 1.165) is 11.1 Å². The van der Waals surface area contributed by atoms with Crippen molar-refractivity contribution >= 4 is 6.09 Å². The van der Waals surface area contributed by atoms with Gasteiger partial charge in [-0.05, 0) is 23.8 Å². The molecule has 0 saturated heterocycles. The number of phenolic OH excluding ortho intramolecular Hbond substituents is 1. The van der Waals surface area contributed by atoms with Crippen LogP contribution in [0.25, 0.3) is 0 Å². The van der Waals surface area contributed by atoms with E-state index in [1.54, 1.807) is 12.1 Å². The van der Waals surface area contributed by atoms with Gasteiger partial charge < -0.3 is 19.9 Å². The van der Waals surface area contributed by atoms with E-state index in [1.807, 2.05) is 30.3 Å². The van der Waals surface area contributed by atoms with Crippen molar-refractivity contribution in [3.63, 3.8) is 0 Å². The average Bonchev–Trinajstić information content (AvgIpc) is 2.62. The lowest BCUT2D eigenvalue weighted by atomic mass is 10.2. The Kier molecular flexibility index (Phi) is 6.54. The molecule has 2 rings (SSSR count). The molecule has 0 spiro atoms. The Morgan fingerprint density at radius 2 is 2.00 bits per heavy atom. The fourth-order valence-electron chi connectivity index (χ4n) is 1.92. The van der Waals surface area contributed by atoms with Gasteiger partial charge in [-0.15, -0.1) is 0 Å². The van der Waals surface area contributed by atoms with E-state index in [2.05, 4.69) is 17.2 Å². The van der Waals surface area contributed by atoms with Crippen molar-refractivity contribution in [1.82, 2.24) is 5.32 Å². The maximum Gasteiger partial charge on any atom is 0.407 e. The Balaban J connectivity index is 1.70. The Labute approximate surface area is 141 Å². The second kappa shape index (κ2) is 9.11. The fraction of sp³-hybridized carbons (Fsp3) is 0.211. The first-order valence-corrected chi connectivity index (χ1v) is 7.49. The molecular weight excluding hydrogens is 306 g/mol. The van der Waals surface area contributed by atoms with Gasteiger partial charge in [0.05, 0.1) is 7.11 Å². The molecule has 2 aromatic rings. The number of benzene rings is 2. The van der Waals surface area contributed by atoms with Gasteiger partial charge in [0.15, 0.2) is 11.5 Å². The molecule has 1 amide bonds. The summed E-state index contributed by atoms with van der Waals surface area (Å²) >= 11 is 0. The zero-order chi connectivity index (χ0) is 17.2. The summed E-state index contributed by atoms with van der Waals surface area (Å²) in [6.45, 7) is 0.640. The van der Waals surface area contributed by atoms with E-state index < -0.39 is 6.09 Å². The number of hydrogen-bond acceptors (Lipinski definition) is 4. The molecule has 0 saturated carbocycles. The van der Waals surface area contributed by atoms with Crippen LogP contribution < -0.4 is 10.1 Å². The molecule has 124 valence electrons. The highest BCUT2D eigenvalue weighted by molar-refractivity contribution is 5.67. The van der Waals surface area contributed by atoms with Gasteiger partial charge in [-0.25, -0.2) is 4.79 Å². The number of hydrogen-bond donors (Lipinski definition) is 2. The number of ether oxygens (including phenoxy) is 2. The fourth-order valence-corrected chi connectivity index (χ4v) is 1.92. The number of carbonyl (C=O) groups is 1. The predicted octanol–water partition coefficient (Wildman–Crippen LogP) is 3.07. The number of phenols is 1. The minimum atomic E-state index is -0.466. The lowest BCUT2D eigenvalue weighted by Crippen LogP contribution is -2.24. The van der Waals surface area contributed by atoms with Crippen LogP contribution in [0.1, 0.15) is 17.5 Å². The van der Waals surface area contributed by atoms with Crippen LogP contribution in [-0.4, -0.2) is 24.9 Å². The molecule has 0 aromatic heterocycles. The SMILES string of the molecule is COc1cc(C#CCCNC(=O)OCc2ccccc2)ccc1O. The summed E-state index contributed by atoms with van der Waals surface area (Å²) in [5.74, 6) is 6.34. The maximum absolute atomic E-state index is 11.5. The van der Waals surface area contributed by atoms with Crippen LogP contribution >= 0.6 is 0 Å². The maximum atomic E-state index is 11.5. The first kappa shape index (κ1) is 17.2. The molecule has 0 aliphatic carbocycles. The summed E-state index contributed by atoms with van der Waals surface area (Å²) in [7, 11) is 1.48. The van der Waals surface area contributed by atoms with E-state index in [-0.39, 0.29) is 12.4 Å². The smallest absolute Gasteiger partial charge is 0.407 e. The molecule has 0 aliphatic heterocycles. The van der Waals surface area contributed by atoms with Crippen LogP contribution in [0, 0.1) is 11.8 Å². The van der Waals surface area contributed by atoms with E-state index in [0.29, 0.717) is 18.7 Å². The molecule has 0 aliphatic rings. The number of carbonyl (C=O) groups excluding carboxylic acids is 1. The van der Waals surface area contributed by atoms with E-state index in [9.17, 15) is 9.90 Å². The number of amides is 1. The summed E-state index contributed by atoms with van der Waals surface area (Å²) < 4.78 is 10.1. The summed E-state index contributed by atoms with van der Waals surface area (Å²) in [6, 6.07) is 14.4. The van der Waals surface area contributed by atoms with Crippen LogP contribution in [0.15, 0.2) is 48.5 Å². The average molecular weight is 325 g/mol. The second-order valence-electron chi connectivity index (χ2n) is 4.93. The lowest BCUT2D eigenvalue weighted by Gasteiger charge is -2.05.